The topological polar surface area (TPSA) is 34.0 Å². The van der Waals surface area contributed by atoms with Crippen molar-refractivity contribution in [2.45, 2.75) is 13.0 Å². The maximum absolute atomic E-state index is 12.4. The molecule has 7 heteroatoms. The van der Waals surface area contributed by atoms with Crippen LogP contribution >= 0.6 is 27.5 Å². The van der Waals surface area contributed by atoms with E-state index in [0.717, 1.165) is 4.47 Å². The molecule has 1 aromatic carbocycles. The number of rotatable bonds is 4. The first kappa shape index (κ1) is 15.0. The first-order valence-electron chi connectivity index (χ1n) is 5.67. The number of nitrogens with zero attached hydrogens (tertiary/aromatic N) is 1. The van der Waals surface area contributed by atoms with E-state index in [9.17, 15) is 13.6 Å². The molecule has 2 aromatic rings. The third kappa shape index (κ3) is 3.58. The van der Waals surface area contributed by atoms with Crippen LogP contribution in [0.4, 0.5) is 14.5 Å². The SMILES string of the molecule is O=C(Nc1cc(Br)ccc1Cl)c1cccn1CC(F)F. The standard InChI is InChI=1S/C13H10BrClF2N2O/c14-8-3-4-9(15)10(6-8)18-13(20)11-2-1-5-19(11)7-12(16)17/h1-6,12H,7H2,(H,18,20). The number of hydrogen-bond acceptors (Lipinski definition) is 1. The van der Waals surface area contributed by atoms with Gasteiger partial charge in [-0.05, 0) is 30.3 Å². The highest BCUT2D eigenvalue weighted by molar-refractivity contribution is 9.10. The van der Waals surface area contributed by atoms with E-state index in [0.29, 0.717) is 10.7 Å². The summed E-state index contributed by atoms with van der Waals surface area (Å²) in [6.45, 7) is -0.526. The van der Waals surface area contributed by atoms with Crippen molar-refractivity contribution >= 4 is 39.1 Å². The second-order valence-electron chi connectivity index (χ2n) is 4.02. The van der Waals surface area contributed by atoms with Gasteiger partial charge in [0, 0.05) is 10.7 Å². The van der Waals surface area contributed by atoms with Crippen molar-refractivity contribution in [1.82, 2.24) is 4.57 Å². The Balaban J connectivity index is 2.20. The van der Waals surface area contributed by atoms with E-state index in [-0.39, 0.29) is 5.69 Å². The maximum atomic E-state index is 12.4. The van der Waals surface area contributed by atoms with Gasteiger partial charge in [0.25, 0.3) is 12.3 Å². The molecule has 20 heavy (non-hydrogen) atoms. The molecule has 0 saturated carbocycles. The van der Waals surface area contributed by atoms with E-state index in [1.807, 2.05) is 0 Å². The van der Waals surface area contributed by atoms with E-state index in [4.69, 9.17) is 11.6 Å². The van der Waals surface area contributed by atoms with Gasteiger partial charge in [-0.2, -0.15) is 0 Å². The van der Waals surface area contributed by atoms with Crippen molar-refractivity contribution in [1.29, 1.82) is 0 Å². The molecule has 0 atom stereocenters. The van der Waals surface area contributed by atoms with E-state index in [1.54, 1.807) is 24.3 Å². The van der Waals surface area contributed by atoms with Crippen molar-refractivity contribution in [3.63, 3.8) is 0 Å². The minimum atomic E-state index is -2.52. The van der Waals surface area contributed by atoms with Crippen LogP contribution in [0.5, 0.6) is 0 Å². The lowest BCUT2D eigenvalue weighted by molar-refractivity contribution is 0.0998. The predicted octanol–water partition coefficient (Wildman–Crippen LogP) is 4.42. The van der Waals surface area contributed by atoms with Gasteiger partial charge >= 0.3 is 0 Å². The van der Waals surface area contributed by atoms with Crippen LogP contribution in [0.15, 0.2) is 41.0 Å². The molecule has 0 fully saturated rings. The minimum Gasteiger partial charge on any atom is -0.338 e. The molecular weight excluding hydrogens is 354 g/mol. The molecule has 0 saturated heterocycles. The second-order valence-corrected chi connectivity index (χ2v) is 5.34. The average Bonchev–Trinajstić information content (AvgIpc) is 2.81. The molecule has 0 aliphatic rings. The highest BCUT2D eigenvalue weighted by atomic mass is 79.9. The number of hydrogen-bond donors (Lipinski definition) is 1. The normalized spacial score (nSPS) is 10.8. The van der Waals surface area contributed by atoms with Gasteiger partial charge in [0.15, 0.2) is 0 Å². The number of anilines is 1. The summed E-state index contributed by atoms with van der Waals surface area (Å²) >= 11 is 9.23. The fourth-order valence-corrected chi connectivity index (χ4v) is 2.23. The molecule has 1 N–H and O–H groups in total. The molecule has 0 radical (unpaired) electrons. The lowest BCUT2D eigenvalue weighted by Crippen LogP contribution is -2.19. The average molecular weight is 364 g/mol. The van der Waals surface area contributed by atoms with Crippen molar-refractivity contribution in [2.75, 3.05) is 5.32 Å². The number of amides is 1. The Kier molecular flexibility index (Phi) is 4.77. The van der Waals surface area contributed by atoms with Crippen molar-refractivity contribution in [2.24, 2.45) is 0 Å². The Morgan fingerprint density at radius 1 is 1.40 bits per heavy atom. The van der Waals surface area contributed by atoms with Crippen LogP contribution in [-0.4, -0.2) is 16.9 Å². The number of nitrogens with one attached hydrogen (secondary N) is 1. The molecule has 1 heterocycles. The molecule has 3 nitrogen and oxygen atoms in total. The molecule has 0 unspecified atom stereocenters. The Hall–Kier alpha value is -1.40. The first-order valence-corrected chi connectivity index (χ1v) is 6.84. The van der Waals surface area contributed by atoms with Gasteiger partial charge in [-0.1, -0.05) is 27.5 Å². The fraction of sp³-hybridized carbons (Fsp3) is 0.154. The predicted molar refractivity (Wildman–Crippen MR) is 77.5 cm³/mol. The number of aromatic nitrogens is 1. The monoisotopic (exact) mass is 362 g/mol. The summed E-state index contributed by atoms with van der Waals surface area (Å²) in [5.74, 6) is -0.490. The molecule has 1 aromatic heterocycles. The molecule has 0 spiro atoms. The van der Waals surface area contributed by atoms with Crippen LogP contribution in [0, 0.1) is 0 Å². The smallest absolute Gasteiger partial charge is 0.272 e. The Bertz CT molecular complexity index is 631. The van der Waals surface area contributed by atoms with Gasteiger partial charge < -0.3 is 9.88 Å². The largest absolute Gasteiger partial charge is 0.338 e. The summed E-state index contributed by atoms with van der Waals surface area (Å²) in [7, 11) is 0. The number of alkyl halides is 2. The third-order valence-corrected chi connectivity index (χ3v) is 3.40. The summed E-state index contributed by atoms with van der Waals surface area (Å²) in [6.07, 6.45) is -1.09. The van der Waals surface area contributed by atoms with Gasteiger partial charge in [-0.15, -0.1) is 0 Å². The van der Waals surface area contributed by atoms with Gasteiger partial charge in [0.1, 0.15) is 5.69 Å². The Labute approximate surface area is 127 Å². The van der Waals surface area contributed by atoms with Gasteiger partial charge in [-0.25, -0.2) is 8.78 Å². The van der Waals surface area contributed by atoms with E-state index in [2.05, 4.69) is 21.2 Å². The van der Waals surface area contributed by atoms with Crippen LogP contribution in [0.2, 0.25) is 5.02 Å². The summed E-state index contributed by atoms with van der Waals surface area (Å²) in [5, 5.41) is 2.97. The van der Waals surface area contributed by atoms with Crippen LogP contribution in [-0.2, 0) is 6.54 Å². The van der Waals surface area contributed by atoms with Crippen molar-refractivity contribution in [3.05, 3.63) is 51.7 Å². The zero-order valence-electron chi connectivity index (χ0n) is 10.1. The van der Waals surface area contributed by atoms with Crippen LogP contribution in [0.1, 0.15) is 10.5 Å². The summed E-state index contributed by atoms with van der Waals surface area (Å²) in [4.78, 5) is 12.1. The molecule has 0 bridgehead atoms. The first-order chi connectivity index (χ1) is 9.47. The number of carbonyl (C=O) groups is 1. The summed E-state index contributed by atoms with van der Waals surface area (Å²) in [5.41, 5.74) is 0.567. The third-order valence-electron chi connectivity index (χ3n) is 2.57. The zero-order valence-corrected chi connectivity index (χ0v) is 12.5. The molecule has 106 valence electrons. The fourth-order valence-electron chi connectivity index (χ4n) is 1.71. The number of carbonyl (C=O) groups excluding carboxylic acids is 1. The van der Waals surface area contributed by atoms with Crippen LogP contribution < -0.4 is 5.32 Å². The molecule has 0 aliphatic carbocycles. The molecule has 1 amide bonds. The van der Waals surface area contributed by atoms with Gasteiger partial charge in [0.05, 0.1) is 17.3 Å². The minimum absolute atomic E-state index is 0.154. The van der Waals surface area contributed by atoms with Gasteiger partial charge in [-0.3, -0.25) is 4.79 Å². The number of halogens is 4. The van der Waals surface area contributed by atoms with Gasteiger partial charge in [0.2, 0.25) is 0 Å². The Morgan fingerprint density at radius 2 is 2.15 bits per heavy atom. The van der Waals surface area contributed by atoms with Crippen molar-refractivity contribution < 1.29 is 13.6 Å². The molecule has 0 aliphatic heterocycles. The lowest BCUT2D eigenvalue weighted by Gasteiger charge is -2.10. The molecule has 2 rings (SSSR count). The highest BCUT2D eigenvalue weighted by Crippen LogP contribution is 2.26. The maximum Gasteiger partial charge on any atom is 0.272 e. The van der Waals surface area contributed by atoms with E-state index < -0.39 is 18.9 Å². The second kappa shape index (κ2) is 6.37. The summed E-state index contributed by atoms with van der Waals surface area (Å²) in [6, 6.07) is 8.01. The van der Waals surface area contributed by atoms with Crippen LogP contribution in [0.25, 0.3) is 0 Å². The molecular formula is C13H10BrClF2N2O. The quantitative estimate of drug-likeness (QED) is 0.857. The van der Waals surface area contributed by atoms with Crippen LogP contribution in [0.3, 0.4) is 0 Å². The highest BCUT2D eigenvalue weighted by Gasteiger charge is 2.15. The van der Waals surface area contributed by atoms with E-state index in [1.165, 1.54) is 16.8 Å². The lowest BCUT2D eigenvalue weighted by atomic mass is 10.3. The zero-order chi connectivity index (χ0) is 14.7. The summed E-state index contributed by atoms with van der Waals surface area (Å²) < 4.78 is 26.8. The Morgan fingerprint density at radius 3 is 2.85 bits per heavy atom. The van der Waals surface area contributed by atoms with Crippen molar-refractivity contribution in [3.8, 4) is 0 Å². The number of benzene rings is 1. The van der Waals surface area contributed by atoms with E-state index >= 15 is 0 Å².